The number of halogens is 3. The van der Waals surface area contributed by atoms with Gasteiger partial charge in [-0.05, 0) is 42.2 Å². The molecule has 1 heterocycles. The molecule has 12 heteroatoms. The van der Waals surface area contributed by atoms with E-state index in [0.717, 1.165) is 36.5 Å². The van der Waals surface area contributed by atoms with Crippen LogP contribution in [0.4, 0.5) is 18.9 Å². The number of alkyl halides is 3. The molecule has 2 rings (SSSR count). The third-order valence-corrected chi connectivity index (χ3v) is 6.04. The number of aromatic nitrogens is 1. The molecule has 0 fully saturated rings. The van der Waals surface area contributed by atoms with Crippen molar-refractivity contribution in [3.63, 3.8) is 0 Å². The number of nitrogens with one attached hydrogen (secondary N) is 1. The first-order chi connectivity index (χ1) is 14.2. The van der Waals surface area contributed by atoms with E-state index in [2.05, 4.69) is 15.0 Å². The van der Waals surface area contributed by atoms with Gasteiger partial charge in [0.1, 0.15) is 5.75 Å². The van der Waals surface area contributed by atoms with Crippen LogP contribution in [0.2, 0.25) is 0 Å². The molecule has 0 aliphatic rings. The second-order valence-electron chi connectivity index (χ2n) is 7.45. The minimum atomic E-state index is -4.90. The van der Waals surface area contributed by atoms with Crippen LogP contribution in [0.1, 0.15) is 30.8 Å². The molecule has 1 amide bonds. The third kappa shape index (κ3) is 6.56. The monoisotopic (exact) mass is 461 g/mol. The van der Waals surface area contributed by atoms with Crippen molar-refractivity contribution in [1.82, 2.24) is 10.3 Å². The molecule has 0 aliphatic carbocycles. The Morgan fingerprint density at radius 2 is 1.81 bits per heavy atom. The topological polar surface area (TPSA) is 132 Å². The highest BCUT2D eigenvalue weighted by molar-refractivity contribution is 7.91. The number of hydrogen-bond donors (Lipinski definition) is 3. The SMILES string of the molecule is CC(C)(CCO)CNC(=O)c1ncc(S(=O)(=O)c2ccc(OC(F)(F)F)cc2)cc1N. The maximum atomic E-state index is 12.7. The molecule has 0 spiro atoms. The van der Waals surface area contributed by atoms with Crippen LogP contribution < -0.4 is 15.8 Å². The lowest BCUT2D eigenvalue weighted by atomic mass is 9.90. The van der Waals surface area contributed by atoms with Gasteiger partial charge in [0, 0.05) is 19.3 Å². The predicted octanol–water partition coefficient (Wildman–Crippen LogP) is 2.53. The van der Waals surface area contributed by atoms with Crippen molar-refractivity contribution >= 4 is 21.4 Å². The van der Waals surface area contributed by atoms with Crippen LogP contribution in [0.25, 0.3) is 0 Å². The van der Waals surface area contributed by atoms with Crippen LogP contribution in [0.5, 0.6) is 5.75 Å². The van der Waals surface area contributed by atoms with E-state index in [1.54, 1.807) is 0 Å². The Morgan fingerprint density at radius 1 is 1.19 bits per heavy atom. The van der Waals surface area contributed by atoms with Crippen molar-refractivity contribution in [2.24, 2.45) is 5.41 Å². The Labute approximate surface area is 177 Å². The molecule has 0 unspecified atom stereocenters. The average molecular weight is 461 g/mol. The van der Waals surface area contributed by atoms with Crippen LogP contribution in [-0.4, -0.2) is 43.9 Å². The lowest BCUT2D eigenvalue weighted by Crippen LogP contribution is -2.35. The van der Waals surface area contributed by atoms with Gasteiger partial charge in [-0.25, -0.2) is 13.4 Å². The Morgan fingerprint density at radius 3 is 2.32 bits per heavy atom. The molecule has 1 aromatic heterocycles. The van der Waals surface area contributed by atoms with Gasteiger partial charge in [0.25, 0.3) is 5.91 Å². The number of nitrogen functional groups attached to an aromatic ring is 1. The summed E-state index contributed by atoms with van der Waals surface area (Å²) in [7, 11) is -4.15. The van der Waals surface area contributed by atoms with Crippen LogP contribution in [0, 0.1) is 5.41 Å². The summed E-state index contributed by atoms with van der Waals surface area (Å²) < 4.78 is 65.9. The molecule has 4 N–H and O–H groups in total. The second kappa shape index (κ2) is 9.10. The van der Waals surface area contributed by atoms with Gasteiger partial charge in [0.05, 0.1) is 15.5 Å². The van der Waals surface area contributed by atoms with Crippen LogP contribution in [0.3, 0.4) is 0 Å². The Bertz CT molecular complexity index is 1040. The fourth-order valence-electron chi connectivity index (χ4n) is 2.55. The number of nitrogens with zero attached hydrogens (tertiary/aromatic N) is 1. The Hall–Kier alpha value is -2.86. The molecule has 0 bridgehead atoms. The molecule has 0 radical (unpaired) electrons. The van der Waals surface area contributed by atoms with E-state index >= 15 is 0 Å². The van der Waals surface area contributed by atoms with E-state index in [1.807, 2.05) is 13.8 Å². The number of benzene rings is 1. The van der Waals surface area contributed by atoms with Crippen molar-refractivity contribution < 1.29 is 36.2 Å². The van der Waals surface area contributed by atoms with Gasteiger partial charge >= 0.3 is 6.36 Å². The lowest BCUT2D eigenvalue weighted by Gasteiger charge is -2.23. The van der Waals surface area contributed by atoms with Crippen molar-refractivity contribution in [2.45, 2.75) is 36.4 Å². The van der Waals surface area contributed by atoms with Gasteiger partial charge in [0.2, 0.25) is 9.84 Å². The number of rotatable bonds is 8. The molecule has 0 saturated heterocycles. The average Bonchev–Trinajstić information content (AvgIpc) is 2.65. The third-order valence-electron chi connectivity index (χ3n) is 4.30. The summed E-state index contributed by atoms with van der Waals surface area (Å²) in [6, 6.07) is 4.70. The highest BCUT2D eigenvalue weighted by atomic mass is 32.2. The minimum Gasteiger partial charge on any atom is -0.406 e. The van der Waals surface area contributed by atoms with Crippen LogP contribution in [-0.2, 0) is 9.84 Å². The molecule has 170 valence electrons. The zero-order chi connectivity index (χ0) is 23.4. The summed E-state index contributed by atoms with van der Waals surface area (Å²) in [6.45, 7) is 3.89. The van der Waals surface area contributed by atoms with Gasteiger partial charge < -0.3 is 20.9 Å². The maximum absolute atomic E-state index is 12.7. The number of anilines is 1. The number of pyridine rings is 1. The van der Waals surface area contributed by atoms with Gasteiger partial charge in [-0.2, -0.15) is 0 Å². The summed E-state index contributed by atoms with van der Waals surface area (Å²) in [4.78, 5) is 15.5. The quantitative estimate of drug-likeness (QED) is 0.550. The summed E-state index contributed by atoms with van der Waals surface area (Å²) >= 11 is 0. The molecule has 0 atom stereocenters. The summed E-state index contributed by atoms with van der Waals surface area (Å²) in [6.07, 6.45) is -3.50. The Kier molecular flexibility index (Phi) is 7.17. The van der Waals surface area contributed by atoms with Crippen molar-refractivity contribution in [1.29, 1.82) is 0 Å². The fraction of sp³-hybridized carbons (Fsp3) is 0.368. The van der Waals surface area contributed by atoms with Gasteiger partial charge in [-0.15, -0.1) is 13.2 Å². The molecule has 31 heavy (non-hydrogen) atoms. The van der Waals surface area contributed by atoms with E-state index in [9.17, 15) is 26.4 Å². The molecule has 1 aromatic carbocycles. The minimum absolute atomic E-state index is 0.0425. The zero-order valence-corrected chi connectivity index (χ0v) is 17.5. The normalized spacial score (nSPS) is 12.5. The van der Waals surface area contributed by atoms with Crippen molar-refractivity contribution in [3.05, 3.63) is 42.2 Å². The molecular formula is C19H22F3N3O5S. The van der Waals surface area contributed by atoms with Crippen molar-refractivity contribution in [2.75, 3.05) is 18.9 Å². The van der Waals surface area contributed by atoms with Gasteiger partial charge in [-0.3, -0.25) is 4.79 Å². The number of sulfone groups is 1. The smallest absolute Gasteiger partial charge is 0.406 e. The predicted molar refractivity (Wildman–Crippen MR) is 105 cm³/mol. The van der Waals surface area contributed by atoms with Crippen LogP contribution >= 0.6 is 0 Å². The number of aliphatic hydroxyl groups excluding tert-OH is 1. The number of carbonyl (C=O) groups excluding carboxylic acids is 1. The first-order valence-corrected chi connectivity index (χ1v) is 10.5. The summed E-state index contributed by atoms with van der Waals surface area (Å²) in [5.74, 6) is -1.18. The maximum Gasteiger partial charge on any atom is 0.573 e. The van der Waals surface area contributed by atoms with E-state index in [0.29, 0.717) is 6.42 Å². The number of hydrogen-bond acceptors (Lipinski definition) is 7. The molecule has 8 nitrogen and oxygen atoms in total. The summed E-state index contributed by atoms with van der Waals surface area (Å²) in [5.41, 5.74) is 5.09. The number of aliphatic hydroxyl groups is 1. The van der Waals surface area contributed by atoms with E-state index in [-0.39, 0.29) is 39.7 Å². The highest BCUT2D eigenvalue weighted by Crippen LogP contribution is 2.27. The molecule has 0 aliphatic heterocycles. The van der Waals surface area contributed by atoms with E-state index < -0.39 is 27.9 Å². The number of ether oxygens (including phenoxy) is 1. The van der Waals surface area contributed by atoms with Crippen LogP contribution in [0.15, 0.2) is 46.3 Å². The van der Waals surface area contributed by atoms with Crippen molar-refractivity contribution in [3.8, 4) is 5.75 Å². The zero-order valence-electron chi connectivity index (χ0n) is 16.7. The molecular weight excluding hydrogens is 439 g/mol. The number of carbonyl (C=O) groups is 1. The highest BCUT2D eigenvalue weighted by Gasteiger charge is 2.31. The first-order valence-electron chi connectivity index (χ1n) is 9.01. The number of nitrogens with two attached hydrogens (primary N) is 1. The standard InChI is InChI=1S/C19H22F3N3O5S/c1-18(2,7-8-26)11-25-17(27)16-15(23)9-14(10-24-16)31(28,29)13-5-3-12(4-6-13)30-19(20,21)22/h3-6,9-10,26H,7-8,11,23H2,1-2H3,(H,25,27). The van der Waals surface area contributed by atoms with E-state index in [4.69, 9.17) is 10.8 Å². The van der Waals surface area contributed by atoms with Gasteiger partial charge in [-0.1, -0.05) is 13.8 Å². The number of amides is 1. The lowest BCUT2D eigenvalue weighted by molar-refractivity contribution is -0.274. The summed E-state index contributed by atoms with van der Waals surface area (Å²) in [5, 5.41) is 11.7. The Balaban J connectivity index is 2.20. The van der Waals surface area contributed by atoms with Gasteiger partial charge in [0.15, 0.2) is 5.69 Å². The molecule has 0 saturated carbocycles. The fourth-order valence-corrected chi connectivity index (χ4v) is 3.79. The van der Waals surface area contributed by atoms with E-state index in [1.165, 1.54) is 0 Å². The molecule has 2 aromatic rings. The largest absolute Gasteiger partial charge is 0.573 e. The first kappa shape index (κ1) is 24.4. The second-order valence-corrected chi connectivity index (χ2v) is 9.40.